The summed E-state index contributed by atoms with van der Waals surface area (Å²) in [7, 11) is -2.82. The molecule has 1 aliphatic rings. The Morgan fingerprint density at radius 2 is 2.00 bits per heavy atom. The standard InChI is InChI=1S/C19H14BrF2NO5S/c1-9(24)27-19-15-11(8-29(25)26)2-3-14(16(15)17(20)18(19)22)28-13-5-10(7-23)4-12(21)6-13/h2-6,17-19,29H,8H2,1H3/t17-,18+,19-/m0/s1. The lowest BCUT2D eigenvalue weighted by Gasteiger charge is -2.18. The van der Waals surface area contributed by atoms with Crippen molar-refractivity contribution < 1.29 is 31.5 Å². The maximum absolute atomic E-state index is 14.9. The Morgan fingerprint density at radius 3 is 2.62 bits per heavy atom. The third kappa shape index (κ3) is 4.41. The second-order valence-corrected chi connectivity index (χ2v) is 8.27. The summed E-state index contributed by atoms with van der Waals surface area (Å²) in [5.41, 5.74) is 0.772. The predicted octanol–water partition coefficient (Wildman–Crippen LogP) is 3.99. The Labute approximate surface area is 175 Å². The summed E-state index contributed by atoms with van der Waals surface area (Å²) in [5, 5.41) is 8.99. The van der Waals surface area contributed by atoms with Crippen LogP contribution in [0.3, 0.4) is 0 Å². The first kappa shape index (κ1) is 21.2. The monoisotopic (exact) mass is 485 g/mol. The molecular weight excluding hydrogens is 472 g/mol. The minimum Gasteiger partial charge on any atom is -0.457 e. The quantitative estimate of drug-likeness (QED) is 0.390. The maximum atomic E-state index is 14.9. The van der Waals surface area contributed by atoms with Crippen LogP contribution in [0.5, 0.6) is 11.5 Å². The number of thiol groups is 1. The van der Waals surface area contributed by atoms with Crippen LogP contribution in [0.4, 0.5) is 8.78 Å². The van der Waals surface area contributed by atoms with E-state index in [2.05, 4.69) is 15.9 Å². The molecule has 0 saturated carbocycles. The van der Waals surface area contributed by atoms with Gasteiger partial charge < -0.3 is 9.47 Å². The van der Waals surface area contributed by atoms with Crippen molar-refractivity contribution in [2.75, 3.05) is 0 Å². The number of ether oxygens (including phenoxy) is 2. The van der Waals surface area contributed by atoms with E-state index < -0.39 is 39.6 Å². The van der Waals surface area contributed by atoms with Gasteiger partial charge in [0.1, 0.15) is 28.0 Å². The molecule has 6 nitrogen and oxygen atoms in total. The van der Waals surface area contributed by atoms with Crippen LogP contribution in [-0.2, 0) is 26.0 Å². The van der Waals surface area contributed by atoms with Crippen LogP contribution in [0.1, 0.15) is 40.1 Å². The topological polar surface area (TPSA) is 93.5 Å². The predicted molar refractivity (Wildman–Crippen MR) is 103 cm³/mol. The molecule has 0 spiro atoms. The third-order valence-electron chi connectivity index (χ3n) is 4.29. The molecule has 0 fully saturated rings. The number of halogens is 3. The first-order valence-electron chi connectivity index (χ1n) is 8.32. The highest BCUT2D eigenvalue weighted by atomic mass is 79.9. The lowest BCUT2D eigenvalue weighted by Crippen LogP contribution is -2.17. The SMILES string of the molecule is CC(=O)O[C@H]1c2c(C[SH](=O)=O)ccc(Oc3cc(F)cc(C#N)c3)c2[C@H](Br)[C@H]1F. The van der Waals surface area contributed by atoms with Gasteiger partial charge in [0.2, 0.25) is 0 Å². The summed E-state index contributed by atoms with van der Waals surface area (Å²) in [6, 6.07) is 8.07. The van der Waals surface area contributed by atoms with Crippen molar-refractivity contribution in [2.45, 2.75) is 29.8 Å². The van der Waals surface area contributed by atoms with E-state index in [9.17, 15) is 22.0 Å². The van der Waals surface area contributed by atoms with Gasteiger partial charge in [0.25, 0.3) is 0 Å². The van der Waals surface area contributed by atoms with Gasteiger partial charge in [0.15, 0.2) is 12.3 Å². The van der Waals surface area contributed by atoms with Gasteiger partial charge in [0.05, 0.1) is 22.2 Å². The number of carbonyl (C=O) groups excluding carboxylic acids is 1. The first-order chi connectivity index (χ1) is 13.7. The van der Waals surface area contributed by atoms with Crippen molar-refractivity contribution in [1.29, 1.82) is 5.26 Å². The second kappa shape index (κ2) is 8.47. The lowest BCUT2D eigenvalue weighted by atomic mass is 10.0. The molecule has 3 atom stereocenters. The van der Waals surface area contributed by atoms with Crippen molar-refractivity contribution in [3.05, 3.63) is 58.4 Å². The zero-order chi connectivity index (χ0) is 21.3. The van der Waals surface area contributed by atoms with Crippen molar-refractivity contribution in [3.8, 4) is 17.6 Å². The summed E-state index contributed by atoms with van der Waals surface area (Å²) >= 11 is 3.22. The fourth-order valence-electron chi connectivity index (χ4n) is 3.24. The largest absolute Gasteiger partial charge is 0.457 e. The van der Waals surface area contributed by atoms with Gasteiger partial charge in [-0.25, -0.2) is 17.2 Å². The molecule has 0 unspecified atom stereocenters. The number of esters is 1. The summed E-state index contributed by atoms with van der Waals surface area (Å²) in [4.78, 5) is 10.5. The van der Waals surface area contributed by atoms with Gasteiger partial charge in [-0.2, -0.15) is 5.26 Å². The number of hydrogen-bond donors (Lipinski definition) is 1. The number of nitrogens with zero attached hydrogens (tertiary/aromatic N) is 1. The van der Waals surface area contributed by atoms with Crippen molar-refractivity contribution in [3.63, 3.8) is 0 Å². The van der Waals surface area contributed by atoms with Crippen LogP contribution >= 0.6 is 15.9 Å². The van der Waals surface area contributed by atoms with E-state index in [1.165, 1.54) is 18.2 Å². The second-order valence-electron chi connectivity index (χ2n) is 6.31. The van der Waals surface area contributed by atoms with Crippen LogP contribution in [0, 0.1) is 17.1 Å². The van der Waals surface area contributed by atoms with Crippen molar-refractivity contribution in [2.24, 2.45) is 0 Å². The summed E-state index contributed by atoms with van der Waals surface area (Å²) in [6.07, 6.45) is -3.01. The van der Waals surface area contributed by atoms with Crippen LogP contribution in [-0.4, -0.2) is 20.6 Å². The third-order valence-corrected chi connectivity index (χ3v) is 5.85. The van der Waals surface area contributed by atoms with Gasteiger partial charge in [-0.1, -0.05) is 22.0 Å². The molecule has 0 bridgehead atoms. The number of hydrogen-bond acceptors (Lipinski definition) is 6. The van der Waals surface area contributed by atoms with E-state index >= 15 is 0 Å². The molecule has 3 rings (SSSR count). The smallest absolute Gasteiger partial charge is 0.303 e. The molecule has 0 amide bonds. The molecule has 2 aromatic carbocycles. The number of alkyl halides is 2. The highest BCUT2D eigenvalue weighted by Gasteiger charge is 2.45. The molecule has 0 saturated heterocycles. The Kier molecular flexibility index (Phi) is 6.19. The van der Waals surface area contributed by atoms with E-state index in [0.717, 1.165) is 19.1 Å². The number of benzene rings is 2. The fraction of sp³-hybridized carbons (Fsp3) is 0.263. The molecule has 0 radical (unpaired) electrons. The Morgan fingerprint density at radius 1 is 1.28 bits per heavy atom. The van der Waals surface area contributed by atoms with Gasteiger partial charge in [0, 0.05) is 24.1 Å². The molecule has 10 heteroatoms. The van der Waals surface area contributed by atoms with Crippen LogP contribution in [0.2, 0.25) is 0 Å². The van der Waals surface area contributed by atoms with Gasteiger partial charge in [-0.05, 0) is 23.8 Å². The average Bonchev–Trinajstić information content (AvgIpc) is 2.88. The summed E-state index contributed by atoms with van der Waals surface area (Å²) in [6.45, 7) is 1.12. The summed E-state index contributed by atoms with van der Waals surface area (Å²) < 4.78 is 62.0. The molecule has 152 valence electrons. The zero-order valence-corrected chi connectivity index (χ0v) is 17.4. The normalized spacial score (nSPS) is 20.2. The molecule has 0 heterocycles. The van der Waals surface area contributed by atoms with E-state index in [-0.39, 0.29) is 39.5 Å². The lowest BCUT2D eigenvalue weighted by molar-refractivity contribution is -0.149. The van der Waals surface area contributed by atoms with Crippen LogP contribution < -0.4 is 4.74 Å². The number of nitriles is 1. The first-order valence-corrected chi connectivity index (χ1v) is 10.6. The Balaban J connectivity index is 2.14. The maximum Gasteiger partial charge on any atom is 0.303 e. The van der Waals surface area contributed by atoms with E-state index in [0.29, 0.717) is 0 Å². The molecular formula is C19H14BrF2NO5S. The molecule has 0 N–H and O–H groups in total. The highest BCUT2D eigenvalue weighted by Crippen LogP contribution is 2.53. The highest BCUT2D eigenvalue weighted by molar-refractivity contribution is 9.09. The Bertz CT molecular complexity index is 1090. The van der Waals surface area contributed by atoms with Crippen molar-refractivity contribution >= 4 is 32.6 Å². The van der Waals surface area contributed by atoms with Crippen LogP contribution in [0.15, 0.2) is 30.3 Å². The average molecular weight is 486 g/mol. The fourth-order valence-corrected chi connectivity index (χ4v) is 4.54. The van der Waals surface area contributed by atoms with Crippen LogP contribution in [0.25, 0.3) is 0 Å². The minimum atomic E-state index is -2.82. The van der Waals surface area contributed by atoms with E-state index in [4.69, 9.17) is 14.7 Å². The zero-order valence-electron chi connectivity index (χ0n) is 14.9. The molecule has 0 aromatic heterocycles. The number of fused-ring (bicyclic) bond motifs is 1. The number of carbonyl (C=O) groups is 1. The Hall–Kier alpha value is -2.51. The number of rotatable bonds is 5. The minimum absolute atomic E-state index is 0.0115. The van der Waals surface area contributed by atoms with Gasteiger partial charge >= 0.3 is 5.97 Å². The van der Waals surface area contributed by atoms with Gasteiger partial charge in [-0.15, -0.1) is 0 Å². The summed E-state index contributed by atoms with van der Waals surface area (Å²) in [5.74, 6) is -1.65. The molecule has 2 aromatic rings. The van der Waals surface area contributed by atoms with E-state index in [1.807, 2.05) is 6.07 Å². The van der Waals surface area contributed by atoms with Gasteiger partial charge in [-0.3, -0.25) is 4.79 Å². The molecule has 1 aliphatic carbocycles. The van der Waals surface area contributed by atoms with E-state index in [1.54, 1.807) is 0 Å². The molecule has 29 heavy (non-hydrogen) atoms. The van der Waals surface area contributed by atoms with Crippen molar-refractivity contribution in [1.82, 2.24) is 0 Å². The molecule has 0 aliphatic heterocycles.